The maximum atomic E-state index is 11.6. The van der Waals surface area contributed by atoms with Crippen LogP contribution in [0.4, 0.5) is 0 Å². The molecule has 0 aromatic heterocycles. The van der Waals surface area contributed by atoms with E-state index in [0.717, 1.165) is 19.3 Å². The van der Waals surface area contributed by atoms with Crippen molar-refractivity contribution in [1.29, 1.82) is 5.26 Å². The number of hydrogen-bond acceptors (Lipinski definition) is 3. The van der Waals surface area contributed by atoms with Gasteiger partial charge in [0.15, 0.2) is 0 Å². The Balaban J connectivity index is 2.39. The third kappa shape index (κ3) is 2.93. The van der Waals surface area contributed by atoms with Gasteiger partial charge in [0.05, 0.1) is 6.07 Å². The lowest BCUT2D eigenvalue weighted by Gasteiger charge is -2.19. The third-order valence-corrected chi connectivity index (χ3v) is 3.07. The summed E-state index contributed by atoms with van der Waals surface area (Å²) in [6.07, 6.45) is 2.85. The van der Waals surface area contributed by atoms with Crippen LogP contribution in [-0.2, 0) is 4.79 Å². The summed E-state index contributed by atoms with van der Waals surface area (Å²) in [6.45, 7) is 3.96. The van der Waals surface area contributed by atoms with Crippen LogP contribution in [0.2, 0.25) is 0 Å². The molecule has 0 saturated heterocycles. The van der Waals surface area contributed by atoms with Gasteiger partial charge in [-0.3, -0.25) is 4.79 Å². The van der Waals surface area contributed by atoms with E-state index in [0.29, 0.717) is 6.54 Å². The molecular formula is C11H18N2O2. The monoisotopic (exact) mass is 210 g/mol. The number of nitriles is 1. The summed E-state index contributed by atoms with van der Waals surface area (Å²) in [7, 11) is 0. The van der Waals surface area contributed by atoms with Crippen molar-refractivity contribution in [2.24, 2.45) is 10.8 Å². The van der Waals surface area contributed by atoms with Crippen molar-refractivity contribution in [2.45, 2.75) is 33.1 Å². The lowest BCUT2D eigenvalue weighted by molar-refractivity contribution is -0.127. The van der Waals surface area contributed by atoms with Crippen molar-refractivity contribution >= 4 is 5.91 Å². The number of amides is 1. The molecule has 1 rings (SSSR count). The van der Waals surface area contributed by atoms with Gasteiger partial charge in [0.2, 0.25) is 5.91 Å². The fourth-order valence-corrected chi connectivity index (χ4v) is 1.47. The molecule has 0 spiro atoms. The Kier molecular flexibility index (Phi) is 3.35. The Morgan fingerprint density at radius 1 is 1.60 bits per heavy atom. The van der Waals surface area contributed by atoms with Gasteiger partial charge in [-0.15, -0.1) is 0 Å². The molecule has 0 aliphatic heterocycles. The molecule has 0 aromatic carbocycles. The van der Waals surface area contributed by atoms with E-state index in [4.69, 9.17) is 10.4 Å². The molecule has 15 heavy (non-hydrogen) atoms. The van der Waals surface area contributed by atoms with Gasteiger partial charge in [0.25, 0.3) is 0 Å². The summed E-state index contributed by atoms with van der Waals surface area (Å²) in [5.41, 5.74) is -0.856. The van der Waals surface area contributed by atoms with Gasteiger partial charge in [-0.05, 0) is 38.5 Å². The van der Waals surface area contributed by atoms with E-state index in [-0.39, 0.29) is 17.9 Å². The molecular weight excluding hydrogens is 192 g/mol. The summed E-state index contributed by atoms with van der Waals surface area (Å²) < 4.78 is 0. The van der Waals surface area contributed by atoms with E-state index < -0.39 is 5.41 Å². The van der Waals surface area contributed by atoms with E-state index in [1.54, 1.807) is 13.8 Å². The molecule has 1 saturated carbocycles. The molecule has 4 heteroatoms. The summed E-state index contributed by atoms with van der Waals surface area (Å²) in [5.74, 6) is -0.228. The third-order valence-electron chi connectivity index (χ3n) is 3.07. The minimum absolute atomic E-state index is 0.107. The maximum absolute atomic E-state index is 11.6. The predicted molar refractivity (Wildman–Crippen MR) is 55.8 cm³/mol. The van der Waals surface area contributed by atoms with Gasteiger partial charge in [-0.25, -0.2) is 0 Å². The number of rotatable bonds is 5. The van der Waals surface area contributed by atoms with Gasteiger partial charge >= 0.3 is 0 Å². The van der Waals surface area contributed by atoms with E-state index in [1.807, 2.05) is 6.07 Å². The summed E-state index contributed by atoms with van der Waals surface area (Å²) in [5, 5.41) is 20.4. The van der Waals surface area contributed by atoms with Crippen LogP contribution in [0.3, 0.4) is 0 Å². The Bertz CT molecular complexity index is 287. The van der Waals surface area contributed by atoms with E-state index in [1.165, 1.54) is 0 Å². The van der Waals surface area contributed by atoms with E-state index in [2.05, 4.69) is 5.32 Å². The number of nitrogens with zero attached hydrogens (tertiary/aromatic N) is 1. The minimum Gasteiger partial charge on any atom is -0.396 e. The topological polar surface area (TPSA) is 73.1 Å². The zero-order chi connectivity index (χ0) is 11.5. The lowest BCUT2D eigenvalue weighted by atomic mass is 9.94. The summed E-state index contributed by atoms with van der Waals surface area (Å²) in [6, 6.07) is 1.97. The van der Waals surface area contributed by atoms with Crippen LogP contribution < -0.4 is 5.32 Å². The first-order valence-corrected chi connectivity index (χ1v) is 5.26. The molecule has 1 amide bonds. The molecule has 1 aliphatic carbocycles. The van der Waals surface area contributed by atoms with Crippen LogP contribution in [0.5, 0.6) is 0 Å². The molecule has 1 aliphatic rings. The first-order chi connectivity index (χ1) is 6.96. The summed E-state index contributed by atoms with van der Waals surface area (Å²) >= 11 is 0. The summed E-state index contributed by atoms with van der Waals surface area (Å²) in [4.78, 5) is 11.6. The normalized spacial score (nSPS) is 18.0. The molecule has 0 unspecified atom stereocenters. The van der Waals surface area contributed by atoms with Crippen LogP contribution in [-0.4, -0.2) is 24.2 Å². The highest BCUT2D eigenvalue weighted by atomic mass is 16.3. The second-order valence-corrected chi connectivity index (χ2v) is 4.89. The van der Waals surface area contributed by atoms with Crippen molar-refractivity contribution in [3.8, 4) is 6.07 Å². The highest BCUT2D eigenvalue weighted by Gasteiger charge is 2.42. The number of carbonyl (C=O) groups is 1. The zero-order valence-corrected chi connectivity index (χ0v) is 9.34. The number of hydrogen-bond donors (Lipinski definition) is 2. The maximum Gasteiger partial charge on any atom is 0.239 e. The van der Waals surface area contributed by atoms with Crippen LogP contribution in [0, 0.1) is 22.2 Å². The zero-order valence-electron chi connectivity index (χ0n) is 9.34. The molecule has 0 radical (unpaired) electrons. The van der Waals surface area contributed by atoms with Gasteiger partial charge in [-0.2, -0.15) is 5.26 Å². The first-order valence-electron chi connectivity index (χ1n) is 5.26. The van der Waals surface area contributed by atoms with Crippen LogP contribution in [0.15, 0.2) is 0 Å². The van der Waals surface area contributed by atoms with Gasteiger partial charge in [0.1, 0.15) is 5.41 Å². The van der Waals surface area contributed by atoms with Gasteiger partial charge in [-0.1, -0.05) is 0 Å². The molecule has 84 valence electrons. The lowest BCUT2D eigenvalue weighted by Crippen LogP contribution is -2.39. The largest absolute Gasteiger partial charge is 0.396 e. The van der Waals surface area contributed by atoms with Crippen LogP contribution in [0.25, 0.3) is 0 Å². The number of carbonyl (C=O) groups excluding carboxylic acids is 1. The van der Waals surface area contributed by atoms with E-state index >= 15 is 0 Å². The van der Waals surface area contributed by atoms with Gasteiger partial charge in [0, 0.05) is 13.2 Å². The second-order valence-electron chi connectivity index (χ2n) is 4.89. The molecule has 0 atom stereocenters. The number of aliphatic hydroxyl groups is 1. The molecule has 0 bridgehead atoms. The SMILES string of the molecule is CC(C)(C#N)C(=O)NCC1(CCO)CC1. The number of nitrogens with one attached hydrogen (secondary N) is 1. The average Bonchev–Trinajstić information content (AvgIpc) is 2.95. The second kappa shape index (κ2) is 4.19. The number of aliphatic hydroxyl groups excluding tert-OH is 1. The molecule has 1 fully saturated rings. The minimum atomic E-state index is -0.963. The standard InChI is InChI=1S/C11H18N2O2/c1-10(2,7-12)9(15)13-8-11(3-4-11)5-6-14/h14H,3-6,8H2,1-2H3,(H,13,15). The van der Waals surface area contributed by atoms with Crippen molar-refractivity contribution in [3.63, 3.8) is 0 Å². The van der Waals surface area contributed by atoms with Crippen LogP contribution >= 0.6 is 0 Å². The Hall–Kier alpha value is -1.08. The highest BCUT2D eigenvalue weighted by molar-refractivity contribution is 5.84. The quantitative estimate of drug-likeness (QED) is 0.705. The average molecular weight is 210 g/mol. The predicted octanol–water partition coefficient (Wildman–Crippen LogP) is 0.815. The smallest absolute Gasteiger partial charge is 0.239 e. The molecule has 0 heterocycles. The fourth-order valence-electron chi connectivity index (χ4n) is 1.47. The Labute approximate surface area is 90.3 Å². The van der Waals surface area contributed by atoms with Crippen LogP contribution in [0.1, 0.15) is 33.1 Å². The van der Waals surface area contributed by atoms with Crippen molar-refractivity contribution in [3.05, 3.63) is 0 Å². The Morgan fingerprint density at radius 3 is 2.60 bits per heavy atom. The van der Waals surface area contributed by atoms with Crippen molar-refractivity contribution in [1.82, 2.24) is 5.32 Å². The first kappa shape index (κ1) is 12.0. The van der Waals surface area contributed by atoms with E-state index in [9.17, 15) is 4.79 Å². The van der Waals surface area contributed by atoms with Crippen molar-refractivity contribution < 1.29 is 9.90 Å². The fraction of sp³-hybridized carbons (Fsp3) is 0.818. The Morgan fingerprint density at radius 2 is 2.20 bits per heavy atom. The molecule has 4 nitrogen and oxygen atoms in total. The van der Waals surface area contributed by atoms with Crippen molar-refractivity contribution in [2.75, 3.05) is 13.2 Å². The van der Waals surface area contributed by atoms with Gasteiger partial charge < -0.3 is 10.4 Å². The molecule has 2 N–H and O–H groups in total. The highest BCUT2D eigenvalue weighted by Crippen LogP contribution is 2.47. The molecule has 0 aromatic rings.